The van der Waals surface area contributed by atoms with Crippen molar-refractivity contribution in [2.45, 2.75) is 69.8 Å². The molecule has 2 aromatic heterocycles. The van der Waals surface area contributed by atoms with Crippen molar-refractivity contribution in [3.63, 3.8) is 0 Å². The molecule has 4 aromatic rings. The minimum atomic E-state index is -1.75. The molecule has 9 heteroatoms. The molecule has 0 aliphatic carbocycles. The van der Waals surface area contributed by atoms with Gasteiger partial charge in [0, 0.05) is 25.4 Å². The van der Waals surface area contributed by atoms with E-state index in [0.717, 1.165) is 11.1 Å². The summed E-state index contributed by atoms with van der Waals surface area (Å²) >= 11 is 0. The van der Waals surface area contributed by atoms with Crippen LogP contribution in [0.25, 0.3) is 11.0 Å². The van der Waals surface area contributed by atoms with Gasteiger partial charge in [-0.25, -0.2) is 9.37 Å². The van der Waals surface area contributed by atoms with Crippen LogP contribution in [0.1, 0.15) is 61.1 Å². The van der Waals surface area contributed by atoms with Gasteiger partial charge in [-0.3, -0.25) is 19.6 Å². The van der Waals surface area contributed by atoms with Crippen LogP contribution >= 0.6 is 0 Å². The Morgan fingerprint density at radius 2 is 1.61 bits per heavy atom. The van der Waals surface area contributed by atoms with Crippen molar-refractivity contribution < 1.29 is 19.1 Å². The van der Waals surface area contributed by atoms with Gasteiger partial charge in [0.15, 0.2) is 0 Å². The van der Waals surface area contributed by atoms with Gasteiger partial charge in [-0.2, -0.15) is 0 Å². The van der Waals surface area contributed by atoms with Crippen molar-refractivity contribution in [2.24, 2.45) is 0 Å². The fourth-order valence-electron chi connectivity index (χ4n) is 4.75. The van der Waals surface area contributed by atoms with E-state index in [2.05, 4.69) is 25.6 Å². The first kappa shape index (κ1) is 29.7. The number of halogens is 1. The summed E-state index contributed by atoms with van der Waals surface area (Å²) in [6.07, 6.45) is 4.83. The maximum absolute atomic E-state index is 14.1. The van der Waals surface area contributed by atoms with Gasteiger partial charge < -0.3 is 15.7 Å². The van der Waals surface area contributed by atoms with Crippen LogP contribution in [0.2, 0.25) is 0 Å². The van der Waals surface area contributed by atoms with Gasteiger partial charge in [0.05, 0.1) is 23.3 Å². The fourth-order valence-corrected chi connectivity index (χ4v) is 4.75. The van der Waals surface area contributed by atoms with E-state index in [1.54, 1.807) is 42.7 Å². The molecule has 2 amide bonds. The van der Waals surface area contributed by atoms with Crippen molar-refractivity contribution in [3.05, 3.63) is 102 Å². The molecule has 0 saturated heterocycles. The third kappa shape index (κ3) is 8.14. The number of pyridine rings is 1. The molecule has 2 atom stereocenters. The standard InChI is InChI=1S/C32H36FN5O3/c1-31(2,33)17-9-8-14-28(39)32(20-23-10-4-3-5-11-23,30(41)36-21-24-15-18-34-19-16-24)38-29(40)27-22-35-25-12-6-7-13-26(25)37-27/h3-7,10-13,15-16,18-19,22,28,39H,8-9,14,17,20-21H2,1-2H3,(H,36,41)(H,38,40)/t28-,32-/m0/s1. The molecule has 0 unspecified atom stereocenters. The zero-order chi connectivity index (χ0) is 29.3. The first-order valence-electron chi connectivity index (χ1n) is 13.8. The molecule has 214 valence electrons. The second-order valence-electron chi connectivity index (χ2n) is 10.9. The van der Waals surface area contributed by atoms with Crippen molar-refractivity contribution >= 4 is 22.8 Å². The predicted octanol–water partition coefficient (Wildman–Crippen LogP) is 4.72. The van der Waals surface area contributed by atoms with Crippen LogP contribution in [0.15, 0.2) is 85.3 Å². The van der Waals surface area contributed by atoms with Crippen LogP contribution in [0.5, 0.6) is 0 Å². The van der Waals surface area contributed by atoms with Crippen LogP contribution in [-0.2, 0) is 17.8 Å². The highest BCUT2D eigenvalue weighted by molar-refractivity contribution is 5.99. The lowest BCUT2D eigenvalue weighted by molar-refractivity contribution is -0.132. The molecular formula is C32H36FN5O3. The predicted molar refractivity (Wildman–Crippen MR) is 156 cm³/mol. The number of carbonyl (C=O) groups is 2. The maximum atomic E-state index is 14.1. The lowest BCUT2D eigenvalue weighted by atomic mass is 9.81. The number of benzene rings is 2. The third-order valence-corrected chi connectivity index (χ3v) is 7.02. The summed E-state index contributed by atoms with van der Waals surface area (Å²) in [7, 11) is 0. The van der Waals surface area contributed by atoms with Gasteiger partial charge >= 0.3 is 0 Å². The van der Waals surface area contributed by atoms with Gasteiger partial charge in [0.25, 0.3) is 5.91 Å². The molecule has 0 aliphatic heterocycles. The Morgan fingerprint density at radius 3 is 2.32 bits per heavy atom. The molecule has 0 radical (unpaired) electrons. The first-order chi connectivity index (χ1) is 19.7. The van der Waals surface area contributed by atoms with Gasteiger partial charge in [0.2, 0.25) is 5.91 Å². The summed E-state index contributed by atoms with van der Waals surface area (Å²) in [5.41, 5.74) is -0.333. The lowest BCUT2D eigenvalue weighted by Gasteiger charge is -2.38. The zero-order valence-electron chi connectivity index (χ0n) is 23.4. The highest BCUT2D eigenvalue weighted by Gasteiger charge is 2.46. The normalized spacial score (nSPS) is 13.8. The fraction of sp³-hybridized carbons (Fsp3) is 0.344. The number of aliphatic hydroxyl groups excluding tert-OH is 1. The van der Waals surface area contributed by atoms with Crippen LogP contribution < -0.4 is 10.6 Å². The zero-order valence-corrected chi connectivity index (χ0v) is 23.4. The molecule has 0 aliphatic rings. The van der Waals surface area contributed by atoms with Crippen molar-refractivity contribution in [1.82, 2.24) is 25.6 Å². The smallest absolute Gasteiger partial charge is 0.272 e. The SMILES string of the molecule is CC(C)(F)CCCC[C@H](O)[C@](Cc1ccccc1)(NC(=O)c1cnc2ccccc2n1)C(=O)NCc1ccncc1. The maximum Gasteiger partial charge on any atom is 0.272 e. The number of nitrogens with zero attached hydrogens (tertiary/aromatic N) is 3. The van der Waals surface area contributed by atoms with Crippen molar-refractivity contribution in [1.29, 1.82) is 0 Å². The highest BCUT2D eigenvalue weighted by Crippen LogP contribution is 2.26. The van der Waals surface area contributed by atoms with E-state index >= 15 is 0 Å². The molecule has 2 heterocycles. The van der Waals surface area contributed by atoms with Crippen LogP contribution in [-0.4, -0.2) is 49.2 Å². The molecule has 0 saturated carbocycles. The highest BCUT2D eigenvalue weighted by atomic mass is 19.1. The Hall–Kier alpha value is -4.24. The van der Waals surface area contributed by atoms with Crippen LogP contribution in [0.4, 0.5) is 4.39 Å². The van der Waals surface area contributed by atoms with Gasteiger partial charge in [0.1, 0.15) is 16.9 Å². The van der Waals surface area contributed by atoms with Crippen molar-refractivity contribution in [3.8, 4) is 0 Å². The lowest BCUT2D eigenvalue weighted by Crippen LogP contribution is -2.66. The number of amides is 2. The molecule has 3 N–H and O–H groups in total. The minimum Gasteiger partial charge on any atom is -0.390 e. The van der Waals surface area contributed by atoms with Crippen molar-refractivity contribution in [2.75, 3.05) is 0 Å². The molecule has 4 rings (SSSR count). The summed E-state index contributed by atoms with van der Waals surface area (Å²) in [6.45, 7) is 3.20. The van der Waals surface area contributed by atoms with Gasteiger partial charge in [-0.05, 0) is 62.1 Å². The Morgan fingerprint density at radius 1 is 0.927 bits per heavy atom. The van der Waals surface area contributed by atoms with E-state index in [0.29, 0.717) is 30.3 Å². The number of unbranched alkanes of at least 4 members (excludes halogenated alkanes) is 1. The Bertz CT molecular complexity index is 1450. The molecule has 41 heavy (non-hydrogen) atoms. The van der Waals surface area contributed by atoms with E-state index < -0.39 is 29.1 Å². The van der Waals surface area contributed by atoms with Crippen LogP contribution in [0.3, 0.4) is 0 Å². The minimum absolute atomic E-state index is 0.0226. The first-order valence-corrected chi connectivity index (χ1v) is 13.8. The van der Waals surface area contributed by atoms with E-state index in [1.165, 1.54) is 20.0 Å². The van der Waals surface area contributed by atoms with E-state index in [-0.39, 0.29) is 25.1 Å². The Kier molecular flexibility index (Phi) is 9.73. The summed E-state index contributed by atoms with van der Waals surface area (Å²) in [6, 6.07) is 19.9. The molecule has 8 nitrogen and oxygen atoms in total. The molecule has 0 spiro atoms. The largest absolute Gasteiger partial charge is 0.390 e. The summed E-state index contributed by atoms with van der Waals surface area (Å²) in [5, 5.41) is 17.4. The Balaban J connectivity index is 1.67. The summed E-state index contributed by atoms with van der Waals surface area (Å²) < 4.78 is 14.1. The molecule has 0 fully saturated rings. The number of aromatic nitrogens is 3. The van der Waals surface area contributed by atoms with Gasteiger partial charge in [-0.1, -0.05) is 55.3 Å². The number of aliphatic hydroxyl groups is 1. The number of alkyl halides is 1. The molecule has 0 bridgehead atoms. The number of para-hydroxylation sites is 2. The van der Waals surface area contributed by atoms with Gasteiger partial charge in [-0.15, -0.1) is 0 Å². The number of carbonyl (C=O) groups excluding carboxylic acids is 2. The molecular weight excluding hydrogens is 521 g/mol. The van der Waals surface area contributed by atoms with E-state index in [1.807, 2.05) is 36.4 Å². The average molecular weight is 558 g/mol. The van der Waals surface area contributed by atoms with Crippen LogP contribution in [0, 0.1) is 0 Å². The second-order valence-corrected chi connectivity index (χ2v) is 10.9. The number of fused-ring (bicyclic) bond motifs is 1. The van der Waals surface area contributed by atoms with E-state index in [4.69, 9.17) is 0 Å². The van der Waals surface area contributed by atoms with E-state index in [9.17, 15) is 19.1 Å². The monoisotopic (exact) mass is 557 g/mol. The number of nitrogens with one attached hydrogen (secondary N) is 2. The number of rotatable bonds is 13. The quantitative estimate of drug-likeness (QED) is 0.205. The average Bonchev–Trinajstić information content (AvgIpc) is 2.97. The third-order valence-electron chi connectivity index (χ3n) is 7.02. The number of hydrogen-bond acceptors (Lipinski definition) is 6. The molecule has 2 aromatic carbocycles. The summed E-state index contributed by atoms with van der Waals surface area (Å²) in [4.78, 5) is 40.5. The topological polar surface area (TPSA) is 117 Å². The second kappa shape index (κ2) is 13.4. The summed E-state index contributed by atoms with van der Waals surface area (Å²) in [5.74, 6) is -1.18. The number of hydrogen-bond donors (Lipinski definition) is 3. The Labute approximate surface area is 239 Å².